The van der Waals surface area contributed by atoms with Crippen LogP contribution in [0, 0.1) is 12.8 Å². The molecule has 0 saturated heterocycles. The maximum absolute atomic E-state index is 10.5. The van der Waals surface area contributed by atoms with Gasteiger partial charge < -0.3 is 20.3 Å². The predicted octanol–water partition coefficient (Wildman–Crippen LogP) is 5.76. The van der Waals surface area contributed by atoms with Crippen LogP contribution in [0.15, 0.2) is 23.8 Å². The molecule has 0 amide bonds. The van der Waals surface area contributed by atoms with Crippen molar-refractivity contribution in [1.82, 2.24) is 4.98 Å². The van der Waals surface area contributed by atoms with Gasteiger partial charge in [0.2, 0.25) is 0 Å². The van der Waals surface area contributed by atoms with Crippen molar-refractivity contribution in [3.63, 3.8) is 0 Å². The van der Waals surface area contributed by atoms with Crippen molar-refractivity contribution >= 4 is 27.9 Å². The zero-order chi connectivity index (χ0) is 19.7. The molecule has 0 radical (unpaired) electrons. The molecule has 0 aliphatic rings. The van der Waals surface area contributed by atoms with E-state index in [4.69, 9.17) is 0 Å². The van der Waals surface area contributed by atoms with Gasteiger partial charge in [0.1, 0.15) is 11.5 Å². The summed E-state index contributed by atoms with van der Waals surface area (Å²) in [5.74, 6) is 1.05. The van der Waals surface area contributed by atoms with Gasteiger partial charge in [0.25, 0.3) is 0 Å². The number of hydrogen-bond donors (Lipinski definition) is 4. The average molecular weight is 367 g/mol. The number of benzene rings is 2. The van der Waals surface area contributed by atoms with Crippen molar-refractivity contribution in [3.8, 4) is 11.5 Å². The molecule has 4 nitrogen and oxygen atoms in total. The van der Waals surface area contributed by atoms with Crippen LogP contribution in [-0.4, -0.2) is 20.3 Å². The highest BCUT2D eigenvalue weighted by Crippen LogP contribution is 2.39. The summed E-state index contributed by atoms with van der Waals surface area (Å²) in [6.45, 7) is 8.37. The van der Waals surface area contributed by atoms with Crippen LogP contribution < -0.4 is 0 Å². The number of H-pyrrole nitrogens is 1. The Morgan fingerprint density at radius 3 is 2.59 bits per heavy atom. The van der Waals surface area contributed by atoms with E-state index >= 15 is 0 Å². The number of allylic oxidation sites excluding steroid dienone is 1. The van der Waals surface area contributed by atoms with Gasteiger partial charge in [-0.3, -0.25) is 0 Å². The molecule has 0 saturated carbocycles. The second-order valence-corrected chi connectivity index (χ2v) is 7.68. The fraction of sp³-hybridized carbons (Fsp3) is 0.391. The highest BCUT2D eigenvalue weighted by molar-refractivity contribution is 6.13. The molecule has 0 spiro atoms. The highest BCUT2D eigenvalue weighted by Gasteiger charge is 2.17. The number of hydrogen-bond acceptors (Lipinski definition) is 3. The fourth-order valence-corrected chi connectivity index (χ4v) is 3.62. The van der Waals surface area contributed by atoms with Crippen LogP contribution in [-0.2, 0) is 6.61 Å². The monoisotopic (exact) mass is 367 g/mol. The first kappa shape index (κ1) is 19.3. The maximum atomic E-state index is 10.5. The van der Waals surface area contributed by atoms with E-state index in [1.807, 2.05) is 6.92 Å². The van der Waals surface area contributed by atoms with E-state index < -0.39 is 0 Å². The van der Waals surface area contributed by atoms with Gasteiger partial charge in [-0.2, -0.15) is 0 Å². The first-order chi connectivity index (χ1) is 12.9. The van der Waals surface area contributed by atoms with Crippen LogP contribution >= 0.6 is 0 Å². The number of aromatic hydroxyl groups is 2. The van der Waals surface area contributed by atoms with Crippen molar-refractivity contribution in [1.29, 1.82) is 0 Å². The summed E-state index contributed by atoms with van der Waals surface area (Å²) in [6, 6.07) is 5.02. The van der Waals surface area contributed by atoms with Crippen molar-refractivity contribution in [2.24, 2.45) is 5.92 Å². The second kappa shape index (κ2) is 7.65. The molecule has 27 heavy (non-hydrogen) atoms. The molecule has 0 unspecified atom stereocenters. The molecule has 0 fully saturated rings. The number of fused-ring (bicyclic) bond motifs is 3. The first-order valence-electron chi connectivity index (χ1n) is 9.64. The van der Waals surface area contributed by atoms with E-state index in [1.54, 1.807) is 18.2 Å². The SMILES string of the molecule is CC[C@H](C)CC/C(C)=C/c1c(C)c(O)cc2c1[nH]c1c(O)ccc(CO)c12. The lowest BCUT2D eigenvalue weighted by atomic mass is 9.96. The Kier molecular flexibility index (Phi) is 5.47. The summed E-state index contributed by atoms with van der Waals surface area (Å²) >= 11 is 0. The highest BCUT2D eigenvalue weighted by atomic mass is 16.3. The van der Waals surface area contributed by atoms with E-state index in [1.165, 1.54) is 12.0 Å². The number of rotatable bonds is 6. The Balaban J connectivity index is 2.22. The molecule has 1 heterocycles. The lowest BCUT2D eigenvalue weighted by Crippen LogP contribution is -1.93. The third kappa shape index (κ3) is 3.54. The Labute approximate surface area is 160 Å². The summed E-state index contributed by atoms with van der Waals surface area (Å²) in [5.41, 5.74) is 5.19. The Morgan fingerprint density at radius 2 is 1.93 bits per heavy atom. The predicted molar refractivity (Wildman–Crippen MR) is 112 cm³/mol. The molecule has 4 heteroatoms. The summed E-state index contributed by atoms with van der Waals surface area (Å²) in [7, 11) is 0. The number of aliphatic hydroxyl groups excluding tert-OH is 1. The van der Waals surface area contributed by atoms with Crippen LogP contribution in [0.4, 0.5) is 0 Å². The third-order valence-electron chi connectivity index (χ3n) is 5.69. The topological polar surface area (TPSA) is 76.5 Å². The molecule has 0 bridgehead atoms. The lowest BCUT2D eigenvalue weighted by molar-refractivity contribution is 0.283. The smallest absolute Gasteiger partial charge is 0.139 e. The largest absolute Gasteiger partial charge is 0.508 e. The van der Waals surface area contributed by atoms with Crippen LogP contribution in [0.5, 0.6) is 11.5 Å². The van der Waals surface area contributed by atoms with Gasteiger partial charge >= 0.3 is 0 Å². The normalized spacial score (nSPS) is 13.6. The minimum Gasteiger partial charge on any atom is -0.508 e. The Morgan fingerprint density at radius 1 is 1.19 bits per heavy atom. The van der Waals surface area contributed by atoms with E-state index in [0.717, 1.165) is 45.8 Å². The minimum absolute atomic E-state index is 0.128. The van der Waals surface area contributed by atoms with Gasteiger partial charge in [-0.25, -0.2) is 0 Å². The molecular formula is C23H29NO3. The van der Waals surface area contributed by atoms with Gasteiger partial charge in [-0.1, -0.05) is 38.0 Å². The average Bonchev–Trinajstić information content (AvgIpc) is 3.04. The summed E-state index contributed by atoms with van der Waals surface area (Å²) in [5, 5.41) is 32.1. The fourth-order valence-electron chi connectivity index (χ4n) is 3.62. The zero-order valence-corrected chi connectivity index (χ0v) is 16.6. The molecule has 4 N–H and O–H groups in total. The van der Waals surface area contributed by atoms with Gasteiger partial charge in [-0.05, 0) is 50.3 Å². The van der Waals surface area contributed by atoms with Gasteiger partial charge in [-0.15, -0.1) is 0 Å². The summed E-state index contributed by atoms with van der Waals surface area (Å²) in [4.78, 5) is 3.32. The Hall–Kier alpha value is -2.46. The van der Waals surface area contributed by atoms with Crippen molar-refractivity contribution in [3.05, 3.63) is 40.5 Å². The summed E-state index contributed by atoms with van der Waals surface area (Å²) in [6.07, 6.45) is 5.46. The van der Waals surface area contributed by atoms with Gasteiger partial charge in [0, 0.05) is 21.9 Å². The number of aromatic amines is 1. The number of nitrogens with one attached hydrogen (secondary N) is 1. The van der Waals surface area contributed by atoms with E-state index in [9.17, 15) is 15.3 Å². The molecular weight excluding hydrogens is 338 g/mol. The van der Waals surface area contributed by atoms with Crippen molar-refractivity contribution in [2.75, 3.05) is 0 Å². The second-order valence-electron chi connectivity index (χ2n) is 7.68. The van der Waals surface area contributed by atoms with Gasteiger partial charge in [0.05, 0.1) is 17.6 Å². The van der Waals surface area contributed by atoms with Crippen LogP contribution in [0.25, 0.3) is 27.9 Å². The van der Waals surface area contributed by atoms with Crippen molar-refractivity contribution in [2.45, 2.75) is 53.6 Å². The van der Waals surface area contributed by atoms with Crippen LogP contribution in [0.1, 0.15) is 56.7 Å². The zero-order valence-electron chi connectivity index (χ0n) is 16.6. The molecule has 1 atom stereocenters. The van der Waals surface area contributed by atoms with Gasteiger partial charge in [0.15, 0.2) is 0 Å². The van der Waals surface area contributed by atoms with E-state index in [0.29, 0.717) is 11.4 Å². The molecule has 0 aliphatic carbocycles. The Bertz CT molecular complexity index is 1010. The molecule has 2 aromatic carbocycles. The standard InChI is InChI=1S/C23H29NO3/c1-5-13(2)6-7-14(3)10-17-15(4)20(27)11-18-21-16(12-25)8-9-19(26)23(21)24-22(17)18/h8-11,13,24-27H,5-7,12H2,1-4H3/b14-10+/t13-/m0/s1. The first-order valence-corrected chi connectivity index (χ1v) is 9.64. The number of aromatic nitrogens is 1. The van der Waals surface area contributed by atoms with Crippen LogP contribution in [0.3, 0.4) is 0 Å². The number of aliphatic hydroxyl groups is 1. The van der Waals surface area contributed by atoms with Crippen LogP contribution in [0.2, 0.25) is 0 Å². The van der Waals surface area contributed by atoms with E-state index in [2.05, 4.69) is 31.8 Å². The third-order valence-corrected chi connectivity index (χ3v) is 5.69. The molecule has 144 valence electrons. The van der Waals surface area contributed by atoms with Crippen molar-refractivity contribution < 1.29 is 15.3 Å². The quantitative estimate of drug-likeness (QED) is 0.447. The van der Waals surface area contributed by atoms with E-state index in [-0.39, 0.29) is 18.1 Å². The lowest BCUT2D eigenvalue weighted by Gasteiger charge is -2.10. The number of phenols is 2. The number of phenolic OH excluding ortho intramolecular Hbond substituents is 2. The molecule has 0 aliphatic heterocycles. The molecule has 3 aromatic rings. The minimum atomic E-state index is -0.128. The molecule has 1 aromatic heterocycles. The molecule has 3 rings (SSSR count). The maximum Gasteiger partial charge on any atom is 0.139 e. The summed E-state index contributed by atoms with van der Waals surface area (Å²) < 4.78 is 0.